The predicted octanol–water partition coefficient (Wildman–Crippen LogP) is 3.60. The van der Waals surface area contributed by atoms with Crippen molar-refractivity contribution in [3.63, 3.8) is 0 Å². The van der Waals surface area contributed by atoms with Crippen LogP contribution in [0.3, 0.4) is 0 Å². The Kier molecular flexibility index (Phi) is 7.63. The summed E-state index contributed by atoms with van der Waals surface area (Å²) in [4.78, 5) is 24.8. The van der Waals surface area contributed by atoms with Crippen molar-refractivity contribution in [2.24, 2.45) is 29.6 Å². The van der Waals surface area contributed by atoms with Crippen molar-refractivity contribution in [2.75, 3.05) is 13.2 Å². The van der Waals surface area contributed by atoms with E-state index in [1.165, 1.54) is 0 Å². The van der Waals surface area contributed by atoms with Crippen LogP contribution in [-0.2, 0) is 19.1 Å². The van der Waals surface area contributed by atoms with E-state index >= 15 is 0 Å². The second kappa shape index (κ2) is 8.96. The number of hydrogen-bond donors (Lipinski definition) is 0. The molecule has 0 aromatic heterocycles. The molecule has 0 aromatic rings. The van der Waals surface area contributed by atoms with E-state index in [9.17, 15) is 9.59 Å². The van der Waals surface area contributed by atoms with Gasteiger partial charge in [0, 0.05) is 0 Å². The number of ether oxygens (including phenoxy) is 2. The molecule has 0 heterocycles. The molecule has 3 atom stereocenters. The third kappa shape index (κ3) is 5.47. The molecule has 4 heteroatoms. The maximum Gasteiger partial charge on any atom is 0.310 e. The number of rotatable bonds is 7. The lowest BCUT2D eigenvalue weighted by atomic mass is 9.72. The summed E-state index contributed by atoms with van der Waals surface area (Å²) in [5.41, 5.74) is 0. The van der Waals surface area contributed by atoms with Crippen LogP contribution in [0.15, 0.2) is 12.7 Å². The SMILES string of the molecule is C=CC1CCCC(C(=O)OCC(C)C)C1C(=O)OCC(C)C. The first-order valence-electron chi connectivity index (χ1n) is 8.32. The summed E-state index contributed by atoms with van der Waals surface area (Å²) in [5.74, 6) is -0.864. The average molecular weight is 310 g/mol. The molecule has 22 heavy (non-hydrogen) atoms. The van der Waals surface area contributed by atoms with Gasteiger partial charge in [0.05, 0.1) is 25.0 Å². The standard InChI is InChI=1S/C18H30O4/c1-6-14-8-7-9-15(17(19)21-10-12(2)3)16(14)18(20)22-11-13(4)5/h6,12-16H,1,7-11H2,2-5H3. The molecule has 1 fully saturated rings. The fourth-order valence-corrected chi connectivity index (χ4v) is 2.80. The summed E-state index contributed by atoms with van der Waals surface area (Å²) >= 11 is 0. The number of carbonyl (C=O) groups is 2. The number of hydrogen-bond acceptors (Lipinski definition) is 4. The molecular weight excluding hydrogens is 280 g/mol. The molecule has 1 rings (SSSR count). The van der Waals surface area contributed by atoms with Gasteiger partial charge in [0.15, 0.2) is 0 Å². The summed E-state index contributed by atoms with van der Waals surface area (Å²) in [5, 5.41) is 0. The molecule has 126 valence electrons. The summed E-state index contributed by atoms with van der Waals surface area (Å²) in [6, 6.07) is 0. The van der Waals surface area contributed by atoms with E-state index in [1.807, 2.05) is 27.7 Å². The molecule has 1 saturated carbocycles. The normalized spacial score (nSPS) is 25.1. The highest BCUT2D eigenvalue weighted by Gasteiger charge is 2.42. The van der Waals surface area contributed by atoms with Crippen LogP contribution < -0.4 is 0 Å². The molecule has 0 radical (unpaired) electrons. The number of carbonyl (C=O) groups excluding carboxylic acids is 2. The average Bonchev–Trinajstić information content (AvgIpc) is 2.49. The van der Waals surface area contributed by atoms with Gasteiger partial charge in [-0.25, -0.2) is 0 Å². The first kappa shape index (κ1) is 18.7. The van der Waals surface area contributed by atoms with Crippen LogP contribution in [-0.4, -0.2) is 25.2 Å². The zero-order valence-electron chi connectivity index (χ0n) is 14.3. The minimum absolute atomic E-state index is 0.00925. The Morgan fingerprint density at radius 1 is 1.05 bits per heavy atom. The van der Waals surface area contributed by atoms with E-state index < -0.39 is 11.8 Å². The minimum Gasteiger partial charge on any atom is -0.465 e. The van der Waals surface area contributed by atoms with Gasteiger partial charge in [0.2, 0.25) is 0 Å². The van der Waals surface area contributed by atoms with Gasteiger partial charge in [-0.3, -0.25) is 9.59 Å². The van der Waals surface area contributed by atoms with Gasteiger partial charge in [0.1, 0.15) is 0 Å². The first-order chi connectivity index (χ1) is 10.4. The molecule has 1 aliphatic rings. The van der Waals surface area contributed by atoms with Crippen molar-refractivity contribution in [3.05, 3.63) is 12.7 Å². The van der Waals surface area contributed by atoms with E-state index in [-0.39, 0.29) is 29.7 Å². The van der Waals surface area contributed by atoms with Crippen LogP contribution in [0.4, 0.5) is 0 Å². The molecule has 0 amide bonds. The highest BCUT2D eigenvalue weighted by atomic mass is 16.5. The van der Waals surface area contributed by atoms with Crippen molar-refractivity contribution in [3.8, 4) is 0 Å². The highest BCUT2D eigenvalue weighted by Crippen LogP contribution is 2.37. The maximum atomic E-state index is 12.4. The van der Waals surface area contributed by atoms with Crippen LogP contribution in [0.5, 0.6) is 0 Å². The second-order valence-electron chi connectivity index (χ2n) is 7.01. The Morgan fingerprint density at radius 2 is 1.59 bits per heavy atom. The van der Waals surface area contributed by atoms with Gasteiger partial charge < -0.3 is 9.47 Å². The zero-order chi connectivity index (χ0) is 16.7. The van der Waals surface area contributed by atoms with Crippen LogP contribution >= 0.6 is 0 Å². The van der Waals surface area contributed by atoms with E-state index in [0.717, 1.165) is 12.8 Å². The Morgan fingerprint density at radius 3 is 2.09 bits per heavy atom. The van der Waals surface area contributed by atoms with E-state index in [0.29, 0.717) is 19.6 Å². The number of esters is 2. The Bertz CT molecular complexity index is 387. The minimum atomic E-state index is -0.454. The van der Waals surface area contributed by atoms with Crippen molar-refractivity contribution in [2.45, 2.75) is 47.0 Å². The monoisotopic (exact) mass is 310 g/mol. The lowest BCUT2D eigenvalue weighted by Gasteiger charge is -2.34. The summed E-state index contributed by atoms with van der Waals surface area (Å²) in [7, 11) is 0. The van der Waals surface area contributed by atoms with Crippen LogP contribution in [0.25, 0.3) is 0 Å². The van der Waals surface area contributed by atoms with Crippen LogP contribution in [0.1, 0.15) is 47.0 Å². The fraction of sp³-hybridized carbons (Fsp3) is 0.778. The molecule has 1 aliphatic carbocycles. The van der Waals surface area contributed by atoms with Crippen molar-refractivity contribution >= 4 is 11.9 Å². The lowest BCUT2D eigenvalue weighted by molar-refractivity contribution is -0.165. The molecule has 0 aromatic carbocycles. The third-order valence-electron chi connectivity index (χ3n) is 3.94. The predicted molar refractivity (Wildman–Crippen MR) is 86.1 cm³/mol. The molecule has 0 N–H and O–H groups in total. The molecule has 0 aliphatic heterocycles. The smallest absolute Gasteiger partial charge is 0.310 e. The molecule has 0 spiro atoms. The van der Waals surface area contributed by atoms with Gasteiger partial charge in [-0.15, -0.1) is 6.58 Å². The Labute approximate surface area is 134 Å². The maximum absolute atomic E-state index is 12.4. The molecule has 0 bridgehead atoms. The molecular formula is C18H30O4. The second-order valence-corrected chi connectivity index (χ2v) is 7.01. The Hall–Kier alpha value is -1.32. The van der Waals surface area contributed by atoms with Crippen molar-refractivity contribution in [1.82, 2.24) is 0 Å². The lowest BCUT2D eigenvalue weighted by Crippen LogP contribution is -2.40. The van der Waals surface area contributed by atoms with Crippen LogP contribution in [0.2, 0.25) is 0 Å². The van der Waals surface area contributed by atoms with Crippen LogP contribution in [0, 0.1) is 29.6 Å². The summed E-state index contributed by atoms with van der Waals surface area (Å²) < 4.78 is 10.7. The quantitative estimate of drug-likeness (QED) is 0.532. The topological polar surface area (TPSA) is 52.6 Å². The van der Waals surface area contributed by atoms with E-state index in [1.54, 1.807) is 6.08 Å². The van der Waals surface area contributed by atoms with E-state index in [2.05, 4.69) is 6.58 Å². The molecule has 0 saturated heterocycles. The van der Waals surface area contributed by atoms with Gasteiger partial charge in [-0.2, -0.15) is 0 Å². The summed E-state index contributed by atoms with van der Waals surface area (Å²) in [6.45, 7) is 12.6. The summed E-state index contributed by atoms with van der Waals surface area (Å²) in [6.07, 6.45) is 4.25. The van der Waals surface area contributed by atoms with Gasteiger partial charge in [-0.1, -0.05) is 40.2 Å². The number of allylic oxidation sites excluding steroid dienone is 1. The fourth-order valence-electron chi connectivity index (χ4n) is 2.80. The van der Waals surface area contributed by atoms with E-state index in [4.69, 9.17) is 9.47 Å². The van der Waals surface area contributed by atoms with Gasteiger partial charge in [-0.05, 0) is 30.6 Å². The largest absolute Gasteiger partial charge is 0.465 e. The third-order valence-corrected chi connectivity index (χ3v) is 3.94. The molecule has 4 nitrogen and oxygen atoms in total. The van der Waals surface area contributed by atoms with Gasteiger partial charge in [0.25, 0.3) is 0 Å². The first-order valence-corrected chi connectivity index (χ1v) is 8.32. The Balaban J connectivity index is 2.79. The zero-order valence-corrected chi connectivity index (χ0v) is 14.3. The molecule has 3 unspecified atom stereocenters. The van der Waals surface area contributed by atoms with Crippen molar-refractivity contribution < 1.29 is 19.1 Å². The van der Waals surface area contributed by atoms with Gasteiger partial charge >= 0.3 is 11.9 Å². The highest BCUT2D eigenvalue weighted by molar-refractivity contribution is 5.82. The van der Waals surface area contributed by atoms with Crippen molar-refractivity contribution in [1.29, 1.82) is 0 Å².